The average molecular weight is 320 g/mol. The Labute approximate surface area is 138 Å². The zero-order valence-electron chi connectivity index (χ0n) is 14.1. The van der Waals surface area contributed by atoms with E-state index in [2.05, 4.69) is 12.2 Å². The number of hydrogen-bond acceptors (Lipinski definition) is 3. The number of likely N-dealkylation sites (tertiary alicyclic amines) is 1. The van der Waals surface area contributed by atoms with Crippen LogP contribution in [0, 0.1) is 17.8 Å². The van der Waals surface area contributed by atoms with Crippen molar-refractivity contribution in [2.24, 2.45) is 17.8 Å². The smallest absolute Gasteiger partial charge is 0.233 e. The molecule has 2 saturated carbocycles. The molecule has 1 heterocycles. The van der Waals surface area contributed by atoms with Crippen molar-refractivity contribution in [3.63, 3.8) is 0 Å². The maximum absolute atomic E-state index is 12.4. The number of nitrogens with zero attached hydrogens (tertiary/aromatic N) is 1. The summed E-state index contributed by atoms with van der Waals surface area (Å²) in [6, 6.07) is 0.254. The Balaban J connectivity index is 1.50. The minimum Gasteiger partial charge on any atom is -0.353 e. The lowest BCUT2D eigenvalue weighted by Gasteiger charge is -2.29. The van der Waals surface area contributed by atoms with Crippen molar-refractivity contribution >= 4 is 17.7 Å². The van der Waals surface area contributed by atoms with Crippen LogP contribution in [0.2, 0.25) is 0 Å². The molecule has 0 aromatic heterocycles. The first-order valence-electron chi connectivity index (χ1n) is 9.22. The number of nitrogens with one attached hydrogen (secondary N) is 1. The molecule has 0 radical (unpaired) electrons. The topological polar surface area (TPSA) is 66.5 Å². The molecule has 0 bridgehead atoms. The Kier molecular flexibility index (Phi) is 5.02. The van der Waals surface area contributed by atoms with Crippen molar-refractivity contribution in [2.75, 3.05) is 6.54 Å². The van der Waals surface area contributed by atoms with E-state index in [-0.39, 0.29) is 48.6 Å². The molecular weight excluding hydrogens is 292 g/mol. The van der Waals surface area contributed by atoms with Gasteiger partial charge in [-0.05, 0) is 31.6 Å². The maximum atomic E-state index is 12.4. The SMILES string of the molecule is C[C@@H]1CCCC[C@@H]1NC(=O)CCN1C(=O)[C@H]2CCCC[C@H]2C1=O. The average Bonchev–Trinajstić information content (AvgIpc) is 2.80. The van der Waals surface area contributed by atoms with Gasteiger partial charge in [-0.3, -0.25) is 19.3 Å². The van der Waals surface area contributed by atoms with Gasteiger partial charge < -0.3 is 5.32 Å². The summed E-state index contributed by atoms with van der Waals surface area (Å²) in [5, 5.41) is 3.10. The first-order chi connectivity index (χ1) is 11.1. The van der Waals surface area contributed by atoms with Gasteiger partial charge in [-0.25, -0.2) is 0 Å². The summed E-state index contributed by atoms with van der Waals surface area (Å²) in [4.78, 5) is 38.3. The quantitative estimate of drug-likeness (QED) is 0.808. The number of hydrogen-bond donors (Lipinski definition) is 1. The fraction of sp³-hybridized carbons (Fsp3) is 0.833. The molecule has 5 nitrogen and oxygen atoms in total. The Morgan fingerprint density at radius 3 is 2.17 bits per heavy atom. The van der Waals surface area contributed by atoms with Crippen molar-refractivity contribution in [3.8, 4) is 0 Å². The van der Waals surface area contributed by atoms with Gasteiger partial charge in [0.2, 0.25) is 17.7 Å². The molecule has 1 N–H and O–H groups in total. The molecule has 3 amide bonds. The first-order valence-corrected chi connectivity index (χ1v) is 9.22. The fourth-order valence-electron chi connectivity index (χ4n) is 4.47. The van der Waals surface area contributed by atoms with Gasteiger partial charge in [0.05, 0.1) is 11.8 Å². The molecule has 4 atom stereocenters. The number of carbonyl (C=O) groups is 3. The second-order valence-corrected chi connectivity index (χ2v) is 7.51. The van der Waals surface area contributed by atoms with E-state index < -0.39 is 0 Å². The predicted octanol–water partition coefficient (Wildman–Crippen LogP) is 2.25. The zero-order chi connectivity index (χ0) is 16.4. The zero-order valence-corrected chi connectivity index (χ0v) is 14.1. The highest BCUT2D eigenvalue weighted by atomic mass is 16.2. The summed E-state index contributed by atoms with van der Waals surface area (Å²) >= 11 is 0. The van der Waals surface area contributed by atoms with Gasteiger partial charge >= 0.3 is 0 Å². The largest absolute Gasteiger partial charge is 0.353 e. The highest BCUT2D eigenvalue weighted by Crippen LogP contribution is 2.38. The summed E-state index contributed by atoms with van der Waals surface area (Å²) in [5.41, 5.74) is 0. The monoisotopic (exact) mass is 320 g/mol. The lowest BCUT2D eigenvalue weighted by atomic mass is 9.81. The van der Waals surface area contributed by atoms with E-state index in [4.69, 9.17) is 0 Å². The van der Waals surface area contributed by atoms with Gasteiger partial charge in [0, 0.05) is 19.0 Å². The van der Waals surface area contributed by atoms with Gasteiger partial charge in [0.15, 0.2) is 0 Å². The number of amides is 3. The van der Waals surface area contributed by atoms with Gasteiger partial charge in [-0.15, -0.1) is 0 Å². The third kappa shape index (κ3) is 3.43. The third-order valence-electron chi connectivity index (χ3n) is 5.95. The third-order valence-corrected chi connectivity index (χ3v) is 5.95. The van der Waals surface area contributed by atoms with Crippen LogP contribution in [0.25, 0.3) is 0 Å². The number of carbonyl (C=O) groups excluding carboxylic acids is 3. The van der Waals surface area contributed by atoms with Crippen molar-refractivity contribution in [3.05, 3.63) is 0 Å². The van der Waals surface area contributed by atoms with Gasteiger partial charge in [-0.1, -0.05) is 32.6 Å². The summed E-state index contributed by atoms with van der Waals surface area (Å²) in [6.45, 7) is 2.43. The molecule has 0 aromatic rings. The molecule has 2 aliphatic carbocycles. The van der Waals surface area contributed by atoms with Crippen LogP contribution in [0.15, 0.2) is 0 Å². The van der Waals surface area contributed by atoms with E-state index in [0.29, 0.717) is 5.92 Å². The van der Waals surface area contributed by atoms with Crippen LogP contribution in [0.4, 0.5) is 0 Å². The summed E-state index contributed by atoms with van der Waals surface area (Å²) < 4.78 is 0. The van der Waals surface area contributed by atoms with E-state index in [1.807, 2.05) is 0 Å². The molecule has 3 aliphatic rings. The van der Waals surface area contributed by atoms with E-state index in [0.717, 1.165) is 38.5 Å². The standard InChI is InChI=1S/C18H28N2O3/c1-12-6-2-5-9-15(12)19-16(21)10-11-20-17(22)13-7-3-4-8-14(13)18(20)23/h12-15H,2-11H2,1H3,(H,19,21)/t12-,13-,14+,15+/m1/s1. The summed E-state index contributed by atoms with van der Waals surface area (Å²) in [6.07, 6.45) is 8.59. The molecule has 1 aliphatic heterocycles. The van der Waals surface area contributed by atoms with Crippen LogP contribution in [-0.4, -0.2) is 35.2 Å². The normalized spacial score (nSPS) is 34.4. The molecule has 0 spiro atoms. The maximum Gasteiger partial charge on any atom is 0.233 e. The first kappa shape index (κ1) is 16.5. The molecule has 0 unspecified atom stereocenters. The Morgan fingerprint density at radius 1 is 1.00 bits per heavy atom. The highest BCUT2D eigenvalue weighted by Gasteiger charge is 2.47. The van der Waals surface area contributed by atoms with E-state index in [9.17, 15) is 14.4 Å². The highest BCUT2D eigenvalue weighted by molar-refractivity contribution is 6.05. The van der Waals surface area contributed by atoms with Crippen LogP contribution in [0.3, 0.4) is 0 Å². The minimum absolute atomic E-state index is 0.0285. The number of imide groups is 1. The molecule has 23 heavy (non-hydrogen) atoms. The van der Waals surface area contributed by atoms with Crippen molar-refractivity contribution in [2.45, 2.75) is 70.8 Å². The van der Waals surface area contributed by atoms with Crippen LogP contribution in [0.1, 0.15) is 64.7 Å². The Hall–Kier alpha value is -1.39. The second kappa shape index (κ2) is 7.02. The number of rotatable bonds is 4. The Bertz CT molecular complexity index is 467. The summed E-state index contributed by atoms with van der Waals surface area (Å²) in [7, 11) is 0. The molecule has 0 aromatic carbocycles. The van der Waals surface area contributed by atoms with Crippen molar-refractivity contribution in [1.82, 2.24) is 10.2 Å². The lowest BCUT2D eigenvalue weighted by molar-refractivity contribution is -0.140. The predicted molar refractivity (Wildman–Crippen MR) is 86.3 cm³/mol. The fourth-order valence-corrected chi connectivity index (χ4v) is 4.47. The molecule has 1 saturated heterocycles. The Morgan fingerprint density at radius 2 is 1.57 bits per heavy atom. The second-order valence-electron chi connectivity index (χ2n) is 7.51. The van der Waals surface area contributed by atoms with Gasteiger partial charge in [-0.2, -0.15) is 0 Å². The minimum atomic E-state index is -0.113. The van der Waals surface area contributed by atoms with Crippen LogP contribution in [-0.2, 0) is 14.4 Å². The van der Waals surface area contributed by atoms with E-state index >= 15 is 0 Å². The van der Waals surface area contributed by atoms with Crippen LogP contribution in [0.5, 0.6) is 0 Å². The van der Waals surface area contributed by atoms with E-state index in [1.54, 1.807) is 0 Å². The van der Waals surface area contributed by atoms with Gasteiger partial charge in [0.1, 0.15) is 0 Å². The number of fused-ring (bicyclic) bond motifs is 1. The van der Waals surface area contributed by atoms with Crippen LogP contribution >= 0.6 is 0 Å². The van der Waals surface area contributed by atoms with Crippen molar-refractivity contribution in [1.29, 1.82) is 0 Å². The van der Waals surface area contributed by atoms with E-state index in [1.165, 1.54) is 17.7 Å². The van der Waals surface area contributed by atoms with Gasteiger partial charge in [0.25, 0.3) is 0 Å². The molecule has 5 heteroatoms. The van der Waals surface area contributed by atoms with Crippen molar-refractivity contribution < 1.29 is 14.4 Å². The molecule has 3 fully saturated rings. The lowest BCUT2D eigenvalue weighted by Crippen LogP contribution is -2.42. The molecule has 128 valence electrons. The molecule has 3 rings (SSSR count). The van der Waals surface area contributed by atoms with Crippen LogP contribution < -0.4 is 5.32 Å². The molecular formula is C18H28N2O3. The summed E-state index contributed by atoms with van der Waals surface area (Å²) in [5.74, 6) is 0.178.